The van der Waals surface area contributed by atoms with Crippen LogP contribution in [0.5, 0.6) is 0 Å². The van der Waals surface area contributed by atoms with Crippen LogP contribution in [0.3, 0.4) is 0 Å². The zero-order valence-electron chi connectivity index (χ0n) is 12.9. The van der Waals surface area contributed by atoms with E-state index in [4.69, 9.17) is 0 Å². The summed E-state index contributed by atoms with van der Waals surface area (Å²) in [5.74, 6) is 0. The third kappa shape index (κ3) is 4.63. The van der Waals surface area contributed by atoms with Gasteiger partial charge in [0.15, 0.2) is 0 Å². The van der Waals surface area contributed by atoms with Crippen LogP contribution in [0.25, 0.3) is 0 Å². The highest BCUT2D eigenvalue weighted by Crippen LogP contribution is 2.24. The monoisotopic (exact) mass is 260 g/mol. The van der Waals surface area contributed by atoms with Crippen LogP contribution in [0, 0.1) is 0 Å². The molecule has 0 aromatic heterocycles. The van der Waals surface area contributed by atoms with Crippen LogP contribution in [0.15, 0.2) is 24.3 Å². The van der Waals surface area contributed by atoms with E-state index < -0.39 is 0 Å². The van der Waals surface area contributed by atoms with E-state index in [0.29, 0.717) is 0 Å². The molecule has 0 aliphatic heterocycles. The van der Waals surface area contributed by atoms with Crippen molar-refractivity contribution in [2.45, 2.75) is 64.7 Å². The van der Waals surface area contributed by atoms with Crippen LogP contribution >= 0.6 is 0 Å². The van der Waals surface area contributed by atoms with Gasteiger partial charge in [-0.15, -0.1) is 0 Å². The highest BCUT2D eigenvalue weighted by Gasteiger charge is 2.21. The summed E-state index contributed by atoms with van der Waals surface area (Å²) in [6.45, 7) is 8.65. The van der Waals surface area contributed by atoms with Crippen molar-refractivity contribution in [3.8, 4) is 0 Å². The van der Waals surface area contributed by atoms with Gasteiger partial charge in [0, 0.05) is 24.7 Å². The van der Waals surface area contributed by atoms with Gasteiger partial charge >= 0.3 is 0 Å². The van der Waals surface area contributed by atoms with Crippen LogP contribution in [-0.2, 0) is 13.1 Å². The zero-order valence-corrected chi connectivity index (χ0v) is 12.9. The molecular weight excluding hydrogens is 232 g/mol. The summed E-state index contributed by atoms with van der Waals surface area (Å²) in [7, 11) is 2.25. The second-order valence-electron chi connectivity index (χ2n) is 6.92. The smallest absolute Gasteiger partial charge is 0.0233 e. The normalized spacial score (nSPS) is 16.7. The Hall–Kier alpha value is -0.860. The minimum absolute atomic E-state index is 0.179. The van der Waals surface area contributed by atoms with Gasteiger partial charge in [-0.25, -0.2) is 0 Å². The van der Waals surface area contributed by atoms with Gasteiger partial charge in [-0.05, 0) is 51.8 Å². The lowest BCUT2D eigenvalue weighted by Crippen LogP contribution is -2.36. The van der Waals surface area contributed by atoms with Gasteiger partial charge in [0.25, 0.3) is 0 Å². The SMILES string of the molecule is CN(Cc1cccc(CNC(C)(C)C)c1)C1CCC1. The summed E-state index contributed by atoms with van der Waals surface area (Å²) >= 11 is 0. The minimum atomic E-state index is 0.179. The lowest BCUT2D eigenvalue weighted by molar-refractivity contribution is 0.152. The quantitative estimate of drug-likeness (QED) is 0.871. The molecule has 2 rings (SSSR count). The van der Waals surface area contributed by atoms with Crippen LogP contribution in [0.2, 0.25) is 0 Å². The summed E-state index contributed by atoms with van der Waals surface area (Å²) in [6.07, 6.45) is 4.16. The van der Waals surface area contributed by atoms with Gasteiger partial charge in [-0.2, -0.15) is 0 Å². The molecule has 1 aromatic rings. The van der Waals surface area contributed by atoms with E-state index >= 15 is 0 Å². The number of rotatable bonds is 5. The number of benzene rings is 1. The molecule has 2 heteroatoms. The topological polar surface area (TPSA) is 15.3 Å². The van der Waals surface area contributed by atoms with Crippen LogP contribution in [0.1, 0.15) is 51.2 Å². The summed E-state index contributed by atoms with van der Waals surface area (Å²) in [5, 5.41) is 3.55. The highest BCUT2D eigenvalue weighted by atomic mass is 15.1. The molecule has 19 heavy (non-hydrogen) atoms. The average Bonchev–Trinajstić information content (AvgIpc) is 2.23. The summed E-state index contributed by atoms with van der Waals surface area (Å²) in [4.78, 5) is 2.50. The van der Waals surface area contributed by atoms with Gasteiger partial charge in [0.05, 0.1) is 0 Å². The first-order valence-electron chi connectivity index (χ1n) is 7.47. The molecule has 1 aromatic carbocycles. The molecular formula is C17H28N2. The first-order valence-corrected chi connectivity index (χ1v) is 7.47. The van der Waals surface area contributed by atoms with Gasteiger partial charge in [0.2, 0.25) is 0 Å². The minimum Gasteiger partial charge on any atom is -0.308 e. The van der Waals surface area contributed by atoms with Crippen LogP contribution in [-0.4, -0.2) is 23.5 Å². The number of hydrogen-bond acceptors (Lipinski definition) is 2. The molecule has 0 atom stereocenters. The van der Waals surface area contributed by atoms with Crippen molar-refractivity contribution in [3.63, 3.8) is 0 Å². The second-order valence-corrected chi connectivity index (χ2v) is 6.92. The van der Waals surface area contributed by atoms with E-state index in [9.17, 15) is 0 Å². The highest BCUT2D eigenvalue weighted by molar-refractivity contribution is 5.23. The molecule has 0 radical (unpaired) electrons. The molecule has 106 valence electrons. The Balaban J connectivity index is 1.90. The van der Waals surface area contributed by atoms with Gasteiger partial charge < -0.3 is 5.32 Å². The van der Waals surface area contributed by atoms with E-state index in [0.717, 1.165) is 19.1 Å². The fraction of sp³-hybridized carbons (Fsp3) is 0.647. The maximum Gasteiger partial charge on any atom is 0.0233 e. The van der Waals surface area contributed by atoms with E-state index in [1.807, 2.05) is 0 Å². The molecule has 0 heterocycles. The first-order chi connectivity index (χ1) is 8.94. The van der Waals surface area contributed by atoms with E-state index in [-0.39, 0.29) is 5.54 Å². The van der Waals surface area contributed by atoms with Gasteiger partial charge in [0.1, 0.15) is 0 Å². The summed E-state index contributed by atoms with van der Waals surface area (Å²) in [6, 6.07) is 9.80. The molecule has 1 aliphatic rings. The zero-order chi connectivity index (χ0) is 13.9. The fourth-order valence-electron chi connectivity index (χ4n) is 2.45. The van der Waals surface area contributed by atoms with Gasteiger partial charge in [-0.1, -0.05) is 30.7 Å². The van der Waals surface area contributed by atoms with Crippen molar-refractivity contribution in [2.24, 2.45) is 0 Å². The summed E-state index contributed by atoms with van der Waals surface area (Å²) < 4.78 is 0. The largest absolute Gasteiger partial charge is 0.308 e. The molecule has 1 N–H and O–H groups in total. The number of nitrogens with one attached hydrogen (secondary N) is 1. The maximum absolute atomic E-state index is 3.55. The Kier molecular flexibility index (Phi) is 4.64. The third-order valence-corrected chi connectivity index (χ3v) is 3.94. The second kappa shape index (κ2) is 6.06. The molecule has 1 fully saturated rings. The van der Waals surface area contributed by atoms with Crippen molar-refractivity contribution in [3.05, 3.63) is 35.4 Å². The molecule has 0 saturated heterocycles. The lowest BCUT2D eigenvalue weighted by Gasteiger charge is -2.34. The van der Waals surface area contributed by atoms with Crippen molar-refractivity contribution < 1.29 is 0 Å². The first kappa shape index (κ1) is 14.5. The fourth-order valence-corrected chi connectivity index (χ4v) is 2.45. The Morgan fingerprint density at radius 1 is 1.21 bits per heavy atom. The molecule has 0 amide bonds. The van der Waals surface area contributed by atoms with E-state index in [1.165, 1.54) is 30.4 Å². The van der Waals surface area contributed by atoms with Crippen molar-refractivity contribution in [1.29, 1.82) is 0 Å². The average molecular weight is 260 g/mol. The third-order valence-electron chi connectivity index (χ3n) is 3.94. The van der Waals surface area contributed by atoms with Gasteiger partial charge in [-0.3, -0.25) is 4.90 Å². The number of nitrogens with zero attached hydrogens (tertiary/aromatic N) is 1. The van der Waals surface area contributed by atoms with Crippen LogP contribution in [0.4, 0.5) is 0 Å². The van der Waals surface area contributed by atoms with Crippen molar-refractivity contribution in [1.82, 2.24) is 10.2 Å². The molecule has 1 saturated carbocycles. The maximum atomic E-state index is 3.55. The van der Waals surface area contributed by atoms with Crippen LogP contribution < -0.4 is 5.32 Å². The van der Waals surface area contributed by atoms with Crippen molar-refractivity contribution in [2.75, 3.05) is 7.05 Å². The molecule has 0 bridgehead atoms. The predicted octanol–water partition coefficient (Wildman–Crippen LogP) is 3.56. The predicted molar refractivity (Wildman–Crippen MR) is 82.1 cm³/mol. The number of hydrogen-bond donors (Lipinski definition) is 1. The Morgan fingerprint density at radius 2 is 1.89 bits per heavy atom. The Morgan fingerprint density at radius 3 is 2.47 bits per heavy atom. The molecule has 1 aliphatic carbocycles. The van der Waals surface area contributed by atoms with E-state index in [1.54, 1.807) is 0 Å². The summed E-state index contributed by atoms with van der Waals surface area (Å²) in [5.41, 5.74) is 3.00. The molecule has 2 nitrogen and oxygen atoms in total. The standard InChI is InChI=1S/C17H28N2/c1-17(2,3)18-12-14-7-5-8-15(11-14)13-19(4)16-9-6-10-16/h5,7-8,11,16,18H,6,9-10,12-13H2,1-4H3. The van der Waals surface area contributed by atoms with E-state index in [2.05, 4.69) is 62.3 Å². The Bertz CT molecular complexity index is 402. The molecule has 0 spiro atoms. The molecule has 0 unspecified atom stereocenters. The van der Waals surface area contributed by atoms with Crippen molar-refractivity contribution >= 4 is 0 Å². The Labute approximate surface area is 118 Å². The lowest BCUT2D eigenvalue weighted by atomic mass is 9.91.